The molecule has 62 valence electrons. The number of halogens is 1. The molecule has 2 nitrogen and oxygen atoms in total. The summed E-state index contributed by atoms with van der Waals surface area (Å²) < 4.78 is 5.18. The highest BCUT2D eigenvalue weighted by molar-refractivity contribution is 6.30. The Bertz CT molecular complexity index is 333. The Balaban J connectivity index is 2.43. The molecule has 0 saturated heterocycles. The van der Waals surface area contributed by atoms with Gasteiger partial charge in [0.2, 0.25) is 0 Å². The predicted octanol–water partition coefficient (Wildman–Crippen LogP) is 1.84. The SMILES string of the molecule is O=C1COc2cc(Cl)ccc2C1. The number of ketones is 1. The third kappa shape index (κ3) is 1.30. The summed E-state index contributed by atoms with van der Waals surface area (Å²) in [6.45, 7) is 0.174. The molecular formula is C9H7ClO2. The molecule has 1 aliphatic rings. The summed E-state index contributed by atoms with van der Waals surface area (Å²) in [5, 5.41) is 0.642. The lowest BCUT2D eigenvalue weighted by atomic mass is 10.1. The molecule has 0 unspecified atom stereocenters. The normalized spacial score (nSPS) is 15.2. The van der Waals surface area contributed by atoms with Gasteiger partial charge in [-0.1, -0.05) is 17.7 Å². The van der Waals surface area contributed by atoms with Gasteiger partial charge in [0, 0.05) is 17.0 Å². The van der Waals surface area contributed by atoms with E-state index in [0.717, 1.165) is 11.3 Å². The van der Waals surface area contributed by atoms with Crippen molar-refractivity contribution in [2.45, 2.75) is 6.42 Å². The zero-order valence-electron chi connectivity index (χ0n) is 6.34. The van der Waals surface area contributed by atoms with Crippen LogP contribution in [0.5, 0.6) is 5.75 Å². The van der Waals surface area contributed by atoms with Crippen LogP contribution in [0, 0.1) is 0 Å². The second-order valence-corrected chi connectivity index (χ2v) is 3.19. The largest absolute Gasteiger partial charge is 0.485 e. The van der Waals surface area contributed by atoms with Crippen molar-refractivity contribution in [3.8, 4) is 5.75 Å². The van der Waals surface area contributed by atoms with Crippen LogP contribution in [0.4, 0.5) is 0 Å². The van der Waals surface area contributed by atoms with E-state index in [9.17, 15) is 4.79 Å². The number of Topliss-reactive ketones (excluding diaryl/α,β-unsaturated/α-hetero) is 1. The lowest BCUT2D eigenvalue weighted by Gasteiger charge is -2.15. The number of hydrogen-bond donors (Lipinski definition) is 0. The number of benzene rings is 1. The van der Waals surface area contributed by atoms with Gasteiger partial charge in [0.05, 0.1) is 0 Å². The van der Waals surface area contributed by atoms with Gasteiger partial charge in [-0.15, -0.1) is 0 Å². The molecule has 1 aromatic carbocycles. The number of carbonyl (C=O) groups excluding carboxylic acids is 1. The van der Waals surface area contributed by atoms with E-state index in [1.54, 1.807) is 12.1 Å². The van der Waals surface area contributed by atoms with E-state index in [0.29, 0.717) is 11.4 Å². The average molecular weight is 183 g/mol. The first-order chi connectivity index (χ1) is 5.75. The predicted molar refractivity (Wildman–Crippen MR) is 45.7 cm³/mol. The molecule has 1 aliphatic heterocycles. The molecule has 2 rings (SSSR count). The second kappa shape index (κ2) is 2.79. The molecule has 0 fully saturated rings. The molecular weight excluding hydrogens is 176 g/mol. The minimum Gasteiger partial charge on any atom is -0.485 e. The van der Waals surface area contributed by atoms with Crippen LogP contribution in [0.3, 0.4) is 0 Å². The number of carbonyl (C=O) groups is 1. The maximum atomic E-state index is 11.0. The Morgan fingerprint density at radius 2 is 2.25 bits per heavy atom. The van der Waals surface area contributed by atoms with Crippen molar-refractivity contribution < 1.29 is 9.53 Å². The van der Waals surface area contributed by atoms with Crippen LogP contribution < -0.4 is 4.74 Å². The Kier molecular flexibility index (Phi) is 1.77. The Hall–Kier alpha value is -1.02. The summed E-state index contributed by atoms with van der Waals surface area (Å²) in [4.78, 5) is 11.0. The number of rotatable bonds is 0. The van der Waals surface area contributed by atoms with Crippen molar-refractivity contribution in [1.82, 2.24) is 0 Å². The van der Waals surface area contributed by atoms with Crippen molar-refractivity contribution in [3.05, 3.63) is 28.8 Å². The van der Waals surface area contributed by atoms with Gasteiger partial charge in [0.15, 0.2) is 5.78 Å². The Labute approximate surface area is 75.1 Å². The molecule has 3 heteroatoms. The van der Waals surface area contributed by atoms with E-state index in [-0.39, 0.29) is 12.4 Å². The quantitative estimate of drug-likeness (QED) is 0.612. The van der Waals surface area contributed by atoms with Crippen molar-refractivity contribution in [2.24, 2.45) is 0 Å². The molecule has 0 amide bonds. The zero-order chi connectivity index (χ0) is 8.55. The summed E-state index contributed by atoms with van der Waals surface area (Å²) >= 11 is 5.75. The van der Waals surface area contributed by atoms with Crippen LogP contribution in [-0.4, -0.2) is 12.4 Å². The van der Waals surface area contributed by atoms with E-state index in [4.69, 9.17) is 16.3 Å². The van der Waals surface area contributed by atoms with Gasteiger partial charge in [0.1, 0.15) is 12.4 Å². The highest BCUT2D eigenvalue weighted by Crippen LogP contribution is 2.26. The van der Waals surface area contributed by atoms with E-state index in [1.807, 2.05) is 6.07 Å². The van der Waals surface area contributed by atoms with Gasteiger partial charge in [-0.25, -0.2) is 0 Å². The molecule has 0 aliphatic carbocycles. The molecule has 1 heterocycles. The molecule has 0 N–H and O–H groups in total. The highest BCUT2D eigenvalue weighted by atomic mass is 35.5. The van der Waals surface area contributed by atoms with E-state index in [2.05, 4.69) is 0 Å². The minimum absolute atomic E-state index is 0.116. The molecule has 0 spiro atoms. The molecule has 1 aromatic rings. The standard InChI is InChI=1S/C9H7ClO2/c10-7-2-1-6-3-8(11)5-12-9(6)4-7/h1-2,4H,3,5H2. The maximum absolute atomic E-state index is 11.0. The third-order valence-electron chi connectivity index (χ3n) is 1.81. The monoisotopic (exact) mass is 182 g/mol. The van der Waals surface area contributed by atoms with Gasteiger partial charge >= 0.3 is 0 Å². The zero-order valence-corrected chi connectivity index (χ0v) is 7.10. The summed E-state index contributed by atoms with van der Waals surface area (Å²) in [7, 11) is 0. The molecule has 0 bridgehead atoms. The first-order valence-corrected chi connectivity index (χ1v) is 4.06. The summed E-state index contributed by atoms with van der Waals surface area (Å²) in [5.74, 6) is 0.854. The van der Waals surface area contributed by atoms with Crippen LogP contribution in [0.1, 0.15) is 5.56 Å². The van der Waals surface area contributed by atoms with Gasteiger partial charge < -0.3 is 4.74 Å². The topological polar surface area (TPSA) is 26.3 Å². The Morgan fingerprint density at radius 3 is 3.08 bits per heavy atom. The van der Waals surface area contributed by atoms with Crippen LogP contribution in [0.15, 0.2) is 18.2 Å². The lowest BCUT2D eigenvalue weighted by Crippen LogP contribution is -2.19. The number of ether oxygens (including phenoxy) is 1. The molecule has 0 radical (unpaired) electrons. The summed E-state index contributed by atoms with van der Waals surface area (Å²) in [5.41, 5.74) is 0.927. The molecule has 12 heavy (non-hydrogen) atoms. The van der Waals surface area contributed by atoms with E-state index < -0.39 is 0 Å². The van der Waals surface area contributed by atoms with E-state index in [1.165, 1.54) is 0 Å². The van der Waals surface area contributed by atoms with Crippen molar-refractivity contribution in [3.63, 3.8) is 0 Å². The van der Waals surface area contributed by atoms with Crippen molar-refractivity contribution in [1.29, 1.82) is 0 Å². The maximum Gasteiger partial charge on any atom is 0.174 e. The fourth-order valence-electron chi connectivity index (χ4n) is 1.23. The minimum atomic E-state index is 0.116. The first kappa shape index (κ1) is 7.62. The van der Waals surface area contributed by atoms with Crippen LogP contribution in [-0.2, 0) is 11.2 Å². The van der Waals surface area contributed by atoms with Crippen molar-refractivity contribution in [2.75, 3.05) is 6.61 Å². The second-order valence-electron chi connectivity index (χ2n) is 2.76. The number of fused-ring (bicyclic) bond motifs is 1. The highest BCUT2D eigenvalue weighted by Gasteiger charge is 2.16. The van der Waals surface area contributed by atoms with E-state index >= 15 is 0 Å². The molecule has 0 atom stereocenters. The molecule has 0 aromatic heterocycles. The Morgan fingerprint density at radius 1 is 1.42 bits per heavy atom. The van der Waals surface area contributed by atoms with Gasteiger partial charge in [-0.05, 0) is 12.1 Å². The van der Waals surface area contributed by atoms with Gasteiger partial charge in [-0.2, -0.15) is 0 Å². The fourth-order valence-corrected chi connectivity index (χ4v) is 1.39. The summed E-state index contributed by atoms with van der Waals surface area (Å²) in [6.07, 6.45) is 0.465. The fraction of sp³-hybridized carbons (Fsp3) is 0.222. The smallest absolute Gasteiger partial charge is 0.174 e. The van der Waals surface area contributed by atoms with Crippen molar-refractivity contribution >= 4 is 17.4 Å². The van der Waals surface area contributed by atoms with Crippen LogP contribution in [0.2, 0.25) is 5.02 Å². The van der Waals surface area contributed by atoms with Crippen LogP contribution >= 0.6 is 11.6 Å². The summed E-state index contributed by atoms with van der Waals surface area (Å²) in [6, 6.07) is 5.33. The number of hydrogen-bond acceptors (Lipinski definition) is 2. The van der Waals surface area contributed by atoms with Gasteiger partial charge in [0.25, 0.3) is 0 Å². The average Bonchev–Trinajstić information content (AvgIpc) is 2.05. The first-order valence-electron chi connectivity index (χ1n) is 3.68. The lowest BCUT2D eigenvalue weighted by molar-refractivity contribution is -0.121. The molecule has 0 saturated carbocycles. The van der Waals surface area contributed by atoms with Crippen LogP contribution in [0.25, 0.3) is 0 Å². The van der Waals surface area contributed by atoms with Gasteiger partial charge in [-0.3, -0.25) is 4.79 Å². The third-order valence-corrected chi connectivity index (χ3v) is 2.04.